The van der Waals surface area contributed by atoms with Crippen molar-refractivity contribution in [2.45, 2.75) is 12.5 Å². The molecule has 4 rings (SSSR count). The standard InChI is InChI=1S/C18H13ClN6O4/c19-12-5-1-10(2-6-12)14-9-15(26)20-18-22-17(23-24(14)18)21-16(27)11-3-7-13(8-4-11)25(28)29/h1-8,14H,9H2,(H2,20,21,22,23,26,27)/t14-/m1/s1. The number of anilines is 2. The van der Waals surface area contributed by atoms with Crippen molar-refractivity contribution in [3.63, 3.8) is 0 Å². The summed E-state index contributed by atoms with van der Waals surface area (Å²) in [5, 5.41) is 20.7. The second-order valence-corrected chi connectivity index (χ2v) is 6.72. The molecule has 0 saturated carbocycles. The third-order valence-corrected chi connectivity index (χ3v) is 4.63. The van der Waals surface area contributed by atoms with E-state index in [0.29, 0.717) is 5.02 Å². The molecule has 3 aromatic rings. The Kier molecular flexibility index (Phi) is 4.69. The van der Waals surface area contributed by atoms with Crippen LogP contribution in [-0.4, -0.2) is 31.5 Å². The van der Waals surface area contributed by atoms with Crippen LogP contribution in [0.2, 0.25) is 5.02 Å². The highest BCUT2D eigenvalue weighted by Crippen LogP contribution is 2.30. The van der Waals surface area contributed by atoms with Crippen LogP contribution in [0.25, 0.3) is 0 Å². The SMILES string of the molecule is O=C1C[C@H](c2ccc(Cl)cc2)n2nc(NC(=O)c3ccc([N+](=O)[O-])cc3)nc2N1. The Bertz CT molecular complexity index is 1110. The van der Waals surface area contributed by atoms with Gasteiger partial charge in [0.05, 0.1) is 17.4 Å². The van der Waals surface area contributed by atoms with Crippen molar-refractivity contribution >= 4 is 41.0 Å². The van der Waals surface area contributed by atoms with Crippen molar-refractivity contribution in [3.05, 3.63) is 74.8 Å². The van der Waals surface area contributed by atoms with Crippen LogP contribution in [0.3, 0.4) is 0 Å². The predicted molar refractivity (Wildman–Crippen MR) is 104 cm³/mol. The molecule has 2 aromatic carbocycles. The van der Waals surface area contributed by atoms with E-state index in [1.807, 2.05) is 0 Å². The van der Waals surface area contributed by atoms with Crippen molar-refractivity contribution in [3.8, 4) is 0 Å². The van der Waals surface area contributed by atoms with Crippen molar-refractivity contribution in [2.75, 3.05) is 10.6 Å². The lowest BCUT2D eigenvalue weighted by molar-refractivity contribution is -0.384. The molecule has 29 heavy (non-hydrogen) atoms. The fourth-order valence-electron chi connectivity index (χ4n) is 2.97. The summed E-state index contributed by atoms with van der Waals surface area (Å²) in [7, 11) is 0. The summed E-state index contributed by atoms with van der Waals surface area (Å²) in [6.07, 6.45) is 0.160. The summed E-state index contributed by atoms with van der Waals surface area (Å²) in [6, 6.07) is 11.8. The van der Waals surface area contributed by atoms with Crippen LogP contribution in [0.15, 0.2) is 48.5 Å². The van der Waals surface area contributed by atoms with Crippen LogP contribution in [0.5, 0.6) is 0 Å². The first-order valence-corrected chi connectivity index (χ1v) is 8.86. The topological polar surface area (TPSA) is 132 Å². The van der Waals surface area contributed by atoms with E-state index in [9.17, 15) is 19.7 Å². The van der Waals surface area contributed by atoms with Gasteiger partial charge in [0.1, 0.15) is 0 Å². The second-order valence-electron chi connectivity index (χ2n) is 6.28. The molecule has 0 saturated heterocycles. The molecular weight excluding hydrogens is 400 g/mol. The molecule has 0 aliphatic carbocycles. The maximum Gasteiger partial charge on any atom is 0.269 e. The third kappa shape index (κ3) is 3.78. The van der Waals surface area contributed by atoms with Gasteiger partial charge in [0.25, 0.3) is 17.5 Å². The molecule has 1 atom stereocenters. The normalized spacial score (nSPS) is 15.3. The number of nitrogens with zero attached hydrogens (tertiary/aromatic N) is 4. The van der Waals surface area contributed by atoms with E-state index in [1.165, 1.54) is 28.9 Å². The van der Waals surface area contributed by atoms with Gasteiger partial charge >= 0.3 is 0 Å². The first-order chi connectivity index (χ1) is 13.9. The largest absolute Gasteiger partial charge is 0.295 e. The van der Waals surface area contributed by atoms with Crippen molar-refractivity contribution in [2.24, 2.45) is 0 Å². The number of hydrogen-bond donors (Lipinski definition) is 2. The molecule has 10 nitrogen and oxygen atoms in total. The summed E-state index contributed by atoms with van der Waals surface area (Å²) in [6.45, 7) is 0. The van der Waals surface area contributed by atoms with Gasteiger partial charge in [-0.15, -0.1) is 5.10 Å². The zero-order valence-electron chi connectivity index (χ0n) is 14.7. The number of nitro benzene ring substituents is 1. The maximum absolute atomic E-state index is 12.4. The quantitative estimate of drug-likeness (QED) is 0.500. The van der Waals surface area contributed by atoms with Gasteiger partial charge in [-0.1, -0.05) is 23.7 Å². The van der Waals surface area contributed by atoms with Crippen LogP contribution in [0.1, 0.15) is 28.4 Å². The number of halogens is 1. The highest BCUT2D eigenvalue weighted by Gasteiger charge is 2.29. The van der Waals surface area contributed by atoms with Crippen LogP contribution in [0.4, 0.5) is 17.6 Å². The molecular formula is C18H13ClN6O4. The average Bonchev–Trinajstić information content (AvgIpc) is 3.10. The number of amides is 2. The van der Waals surface area contributed by atoms with Gasteiger partial charge in [0, 0.05) is 22.7 Å². The molecule has 146 valence electrons. The third-order valence-electron chi connectivity index (χ3n) is 4.38. The summed E-state index contributed by atoms with van der Waals surface area (Å²) < 4.78 is 1.52. The van der Waals surface area contributed by atoms with E-state index in [1.54, 1.807) is 24.3 Å². The monoisotopic (exact) mass is 412 g/mol. The van der Waals surface area contributed by atoms with Gasteiger partial charge in [-0.3, -0.25) is 30.3 Å². The lowest BCUT2D eigenvalue weighted by Crippen LogP contribution is -2.29. The number of nitrogens with one attached hydrogen (secondary N) is 2. The molecule has 0 bridgehead atoms. The molecule has 11 heteroatoms. The number of carbonyl (C=O) groups excluding carboxylic acids is 2. The zero-order chi connectivity index (χ0) is 20.5. The van der Waals surface area contributed by atoms with Gasteiger partial charge in [0.2, 0.25) is 11.9 Å². The molecule has 1 aliphatic heterocycles. The van der Waals surface area contributed by atoms with Gasteiger partial charge in [0.15, 0.2) is 0 Å². The number of non-ortho nitro benzene ring substituents is 1. The lowest BCUT2D eigenvalue weighted by atomic mass is 10.0. The Morgan fingerprint density at radius 3 is 2.55 bits per heavy atom. The van der Waals surface area contributed by atoms with Crippen molar-refractivity contribution < 1.29 is 14.5 Å². The van der Waals surface area contributed by atoms with Gasteiger partial charge in [-0.05, 0) is 29.8 Å². The summed E-state index contributed by atoms with van der Waals surface area (Å²) in [5.74, 6) is -0.542. The molecule has 0 unspecified atom stereocenters. The van der Waals surface area contributed by atoms with Gasteiger partial charge in [-0.25, -0.2) is 4.68 Å². The summed E-state index contributed by atoms with van der Waals surface area (Å²) in [5.41, 5.74) is 0.913. The minimum absolute atomic E-state index is 0.00418. The Hall–Kier alpha value is -3.79. The Balaban J connectivity index is 1.58. The smallest absolute Gasteiger partial charge is 0.269 e. The fourth-order valence-corrected chi connectivity index (χ4v) is 3.09. The zero-order valence-corrected chi connectivity index (χ0v) is 15.5. The van der Waals surface area contributed by atoms with Crippen molar-refractivity contribution in [1.82, 2.24) is 14.8 Å². The molecule has 0 fully saturated rings. The number of benzene rings is 2. The van der Waals surface area contributed by atoms with E-state index in [0.717, 1.165) is 5.56 Å². The van der Waals surface area contributed by atoms with E-state index in [-0.39, 0.29) is 35.5 Å². The second kappa shape index (κ2) is 7.32. The highest BCUT2D eigenvalue weighted by molar-refractivity contribution is 6.30. The molecule has 2 heterocycles. The van der Waals surface area contributed by atoms with E-state index >= 15 is 0 Å². The molecule has 2 N–H and O–H groups in total. The molecule has 2 amide bonds. The maximum atomic E-state index is 12.4. The Morgan fingerprint density at radius 1 is 1.21 bits per heavy atom. The van der Waals surface area contributed by atoms with Gasteiger partial charge in [-0.2, -0.15) is 4.98 Å². The first kappa shape index (κ1) is 18.6. The predicted octanol–water partition coefficient (Wildman–Crippen LogP) is 3.02. The number of hydrogen-bond acceptors (Lipinski definition) is 6. The average molecular weight is 413 g/mol. The number of aromatic nitrogens is 3. The first-order valence-electron chi connectivity index (χ1n) is 8.48. The lowest BCUT2D eigenvalue weighted by Gasteiger charge is -2.23. The van der Waals surface area contributed by atoms with Crippen LogP contribution < -0.4 is 10.6 Å². The molecule has 1 aliphatic rings. The number of carbonyl (C=O) groups is 2. The molecule has 0 radical (unpaired) electrons. The van der Waals surface area contributed by atoms with E-state index in [2.05, 4.69) is 20.7 Å². The van der Waals surface area contributed by atoms with E-state index in [4.69, 9.17) is 11.6 Å². The van der Waals surface area contributed by atoms with Gasteiger partial charge < -0.3 is 0 Å². The Morgan fingerprint density at radius 2 is 1.90 bits per heavy atom. The number of nitro groups is 1. The number of rotatable bonds is 4. The fraction of sp³-hybridized carbons (Fsp3) is 0.111. The Labute approximate surface area is 168 Å². The minimum atomic E-state index is -0.549. The molecule has 1 aromatic heterocycles. The van der Waals surface area contributed by atoms with Crippen LogP contribution in [0, 0.1) is 10.1 Å². The van der Waals surface area contributed by atoms with Crippen LogP contribution in [-0.2, 0) is 4.79 Å². The van der Waals surface area contributed by atoms with E-state index < -0.39 is 16.9 Å². The number of fused-ring (bicyclic) bond motifs is 1. The summed E-state index contributed by atoms with van der Waals surface area (Å²) >= 11 is 5.93. The molecule has 0 spiro atoms. The minimum Gasteiger partial charge on any atom is -0.295 e. The highest BCUT2D eigenvalue weighted by atomic mass is 35.5. The van der Waals surface area contributed by atoms with Crippen LogP contribution >= 0.6 is 11.6 Å². The summed E-state index contributed by atoms with van der Waals surface area (Å²) in [4.78, 5) is 38.8. The van der Waals surface area contributed by atoms with Crippen molar-refractivity contribution in [1.29, 1.82) is 0 Å².